The van der Waals surface area contributed by atoms with Gasteiger partial charge in [0.1, 0.15) is 5.75 Å². The fourth-order valence-electron chi connectivity index (χ4n) is 2.47. The molecule has 26 heavy (non-hydrogen) atoms. The van der Waals surface area contributed by atoms with Gasteiger partial charge in [0, 0.05) is 11.5 Å². The van der Waals surface area contributed by atoms with Crippen LogP contribution in [0.1, 0.15) is 16.1 Å². The molecule has 0 bridgehead atoms. The first-order valence-electron chi connectivity index (χ1n) is 8.04. The summed E-state index contributed by atoms with van der Waals surface area (Å²) in [5, 5.41) is 1.02. The Morgan fingerprint density at radius 3 is 2.62 bits per heavy atom. The normalized spacial score (nSPS) is 10.8. The van der Waals surface area contributed by atoms with Crippen molar-refractivity contribution in [1.29, 1.82) is 0 Å². The minimum absolute atomic E-state index is 0.326. The Morgan fingerprint density at radius 2 is 1.77 bits per heavy atom. The van der Waals surface area contributed by atoms with Gasteiger partial charge in [-0.1, -0.05) is 36.4 Å². The fourth-order valence-corrected chi connectivity index (χ4v) is 2.47. The van der Waals surface area contributed by atoms with Gasteiger partial charge in [-0.05, 0) is 30.3 Å². The molecule has 3 aromatic rings. The molecule has 0 atom stereocenters. The molecule has 0 aliphatic rings. The highest BCUT2D eigenvalue weighted by Crippen LogP contribution is 2.18. The lowest BCUT2D eigenvalue weighted by Gasteiger charge is -2.07. The van der Waals surface area contributed by atoms with Crippen LogP contribution < -0.4 is 4.74 Å². The zero-order chi connectivity index (χ0) is 18.4. The van der Waals surface area contributed by atoms with E-state index in [1.807, 2.05) is 36.4 Å². The molecule has 3 rings (SSSR count). The summed E-state index contributed by atoms with van der Waals surface area (Å²) in [6, 6.07) is 18.2. The van der Waals surface area contributed by atoms with Crippen LogP contribution in [0.4, 0.5) is 0 Å². The molecule has 0 saturated heterocycles. The van der Waals surface area contributed by atoms with E-state index < -0.39 is 5.97 Å². The van der Waals surface area contributed by atoms with Crippen LogP contribution in [0.5, 0.6) is 5.75 Å². The van der Waals surface area contributed by atoms with Crippen LogP contribution in [-0.4, -0.2) is 30.5 Å². The van der Waals surface area contributed by atoms with E-state index in [-0.39, 0.29) is 12.4 Å². The highest BCUT2D eigenvalue weighted by atomic mass is 16.5. The van der Waals surface area contributed by atoms with E-state index in [1.165, 1.54) is 13.2 Å². The Kier molecular flexibility index (Phi) is 5.39. The van der Waals surface area contributed by atoms with Crippen molar-refractivity contribution < 1.29 is 19.1 Å². The van der Waals surface area contributed by atoms with Gasteiger partial charge >= 0.3 is 5.97 Å². The first kappa shape index (κ1) is 17.4. The van der Waals surface area contributed by atoms with Crippen molar-refractivity contribution >= 4 is 28.7 Å². The second kappa shape index (κ2) is 8.07. The number of pyridine rings is 1. The number of hydrogen-bond donors (Lipinski definition) is 0. The average molecular weight is 347 g/mol. The molecular weight excluding hydrogens is 330 g/mol. The predicted molar refractivity (Wildman–Crippen MR) is 99.1 cm³/mol. The Labute approximate surface area is 150 Å². The molecule has 2 aromatic carbocycles. The third-order valence-electron chi connectivity index (χ3n) is 3.76. The highest BCUT2D eigenvalue weighted by Gasteiger charge is 2.13. The number of ketones is 1. The first-order valence-corrected chi connectivity index (χ1v) is 8.04. The Balaban J connectivity index is 1.61. The van der Waals surface area contributed by atoms with E-state index in [9.17, 15) is 9.59 Å². The van der Waals surface area contributed by atoms with Gasteiger partial charge in [0.05, 0.1) is 23.9 Å². The second-order valence-electron chi connectivity index (χ2n) is 5.49. The van der Waals surface area contributed by atoms with Crippen LogP contribution in [0.2, 0.25) is 0 Å². The molecule has 0 fully saturated rings. The van der Waals surface area contributed by atoms with E-state index in [2.05, 4.69) is 4.98 Å². The molecule has 5 heteroatoms. The molecule has 1 aromatic heterocycles. The minimum Gasteiger partial charge on any atom is -0.496 e. The molecule has 0 unspecified atom stereocenters. The number of esters is 1. The number of hydrogen-bond acceptors (Lipinski definition) is 5. The van der Waals surface area contributed by atoms with Gasteiger partial charge in [-0.2, -0.15) is 0 Å². The number of aromatic nitrogens is 1. The summed E-state index contributed by atoms with van der Waals surface area (Å²) in [6.07, 6.45) is 2.81. The van der Waals surface area contributed by atoms with E-state index in [1.54, 1.807) is 30.3 Å². The average Bonchev–Trinajstić information content (AvgIpc) is 2.70. The zero-order valence-electron chi connectivity index (χ0n) is 14.2. The zero-order valence-corrected chi connectivity index (χ0v) is 14.2. The van der Waals surface area contributed by atoms with Crippen molar-refractivity contribution in [2.45, 2.75) is 0 Å². The largest absolute Gasteiger partial charge is 0.496 e. The number of carbonyl (C=O) groups excluding carboxylic acids is 2. The Hall–Kier alpha value is -3.47. The van der Waals surface area contributed by atoms with Crippen LogP contribution in [0.3, 0.4) is 0 Å². The van der Waals surface area contributed by atoms with Gasteiger partial charge in [0.25, 0.3) is 0 Å². The van der Waals surface area contributed by atoms with Gasteiger partial charge in [0.15, 0.2) is 6.61 Å². The summed E-state index contributed by atoms with van der Waals surface area (Å²) >= 11 is 0. The molecule has 130 valence electrons. The van der Waals surface area contributed by atoms with E-state index in [0.29, 0.717) is 17.0 Å². The summed E-state index contributed by atoms with van der Waals surface area (Å²) in [7, 11) is 1.48. The number of carbonyl (C=O) groups is 2. The number of fused-ring (bicyclic) bond motifs is 1. The lowest BCUT2D eigenvalue weighted by molar-refractivity contribution is -0.136. The van der Waals surface area contributed by atoms with Crippen LogP contribution >= 0.6 is 0 Å². The topological polar surface area (TPSA) is 65.5 Å². The molecule has 0 saturated carbocycles. The quantitative estimate of drug-likeness (QED) is 0.387. The predicted octanol–water partition coefficient (Wildman–Crippen LogP) is 3.68. The summed E-state index contributed by atoms with van der Waals surface area (Å²) in [5.74, 6) is -0.485. The van der Waals surface area contributed by atoms with Crippen molar-refractivity contribution in [1.82, 2.24) is 4.98 Å². The molecule has 5 nitrogen and oxygen atoms in total. The smallest absolute Gasteiger partial charge is 0.331 e. The molecule has 0 amide bonds. The number of methoxy groups -OCH3 is 1. The molecule has 0 N–H and O–H groups in total. The van der Waals surface area contributed by atoms with Gasteiger partial charge < -0.3 is 9.47 Å². The molecule has 0 radical (unpaired) electrons. The van der Waals surface area contributed by atoms with Crippen molar-refractivity contribution in [3.63, 3.8) is 0 Å². The number of Topliss-reactive ketones (excluding diaryl/α,β-unsaturated/α-hetero) is 1. The van der Waals surface area contributed by atoms with Crippen LogP contribution in [0.15, 0.2) is 66.7 Å². The van der Waals surface area contributed by atoms with E-state index >= 15 is 0 Å². The maximum absolute atomic E-state index is 12.2. The van der Waals surface area contributed by atoms with Gasteiger partial charge in [-0.25, -0.2) is 9.78 Å². The summed E-state index contributed by atoms with van der Waals surface area (Å²) in [6.45, 7) is -0.352. The molecule has 0 aliphatic heterocycles. The number of benzene rings is 2. The van der Waals surface area contributed by atoms with Gasteiger partial charge in [-0.3, -0.25) is 4.79 Å². The maximum atomic E-state index is 12.2. The van der Waals surface area contributed by atoms with Crippen molar-refractivity contribution in [3.05, 3.63) is 78.0 Å². The van der Waals surface area contributed by atoms with E-state index in [0.717, 1.165) is 10.9 Å². The third kappa shape index (κ3) is 4.13. The number of nitrogens with zero attached hydrogens (tertiary/aromatic N) is 1. The monoisotopic (exact) mass is 347 g/mol. The molecule has 0 spiro atoms. The number of para-hydroxylation sites is 2. The minimum atomic E-state index is -0.608. The summed E-state index contributed by atoms with van der Waals surface area (Å²) < 4.78 is 10.1. The summed E-state index contributed by atoms with van der Waals surface area (Å²) in [5.41, 5.74) is 1.86. The van der Waals surface area contributed by atoms with Gasteiger partial charge in [0.2, 0.25) is 5.78 Å². The van der Waals surface area contributed by atoms with Crippen molar-refractivity contribution in [2.75, 3.05) is 13.7 Å². The SMILES string of the molecule is COc1ccccc1C(=O)COC(=O)/C=C/c1ccc2ccccc2n1. The third-order valence-corrected chi connectivity index (χ3v) is 3.76. The van der Waals surface area contributed by atoms with Crippen LogP contribution in [-0.2, 0) is 9.53 Å². The Morgan fingerprint density at radius 1 is 1.00 bits per heavy atom. The highest BCUT2D eigenvalue weighted by molar-refractivity contribution is 6.01. The maximum Gasteiger partial charge on any atom is 0.331 e. The molecule has 0 aliphatic carbocycles. The fraction of sp³-hybridized carbons (Fsp3) is 0.0952. The molecular formula is C21H17NO4. The van der Waals surface area contributed by atoms with Crippen molar-refractivity contribution in [3.8, 4) is 5.75 Å². The van der Waals surface area contributed by atoms with E-state index in [4.69, 9.17) is 9.47 Å². The Bertz CT molecular complexity index is 978. The standard InChI is InChI=1S/C21H17NO4/c1-25-20-9-5-3-7-17(20)19(23)14-26-21(24)13-12-16-11-10-15-6-2-4-8-18(15)22-16/h2-13H,14H2,1H3/b13-12+. The van der Waals surface area contributed by atoms with Gasteiger partial charge in [-0.15, -0.1) is 0 Å². The molecule has 1 heterocycles. The van der Waals surface area contributed by atoms with Crippen LogP contribution in [0.25, 0.3) is 17.0 Å². The van der Waals surface area contributed by atoms with Crippen molar-refractivity contribution in [2.24, 2.45) is 0 Å². The number of ether oxygens (including phenoxy) is 2. The number of rotatable bonds is 6. The second-order valence-corrected chi connectivity index (χ2v) is 5.49. The summed E-state index contributed by atoms with van der Waals surface area (Å²) in [4.78, 5) is 28.4. The van der Waals surface area contributed by atoms with Crippen LogP contribution in [0, 0.1) is 0 Å². The lowest BCUT2D eigenvalue weighted by atomic mass is 10.1. The lowest BCUT2D eigenvalue weighted by Crippen LogP contribution is -2.13. The first-order chi connectivity index (χ1) is 12.7.